The summed E-state index contributed by atoms with van der Waals surface area (Å²) in [4.78, 5) is 10.8. The number of rotatable bonds is 9. The third-order valence-electron chi connectivity index (χ3n) is 4.98. The van der Waals surface area contributed by atoms with Gasteiger partial charge in [0.2, 0.25) is 0 Å². The van der Waals surface area contributed by atoms with E-state index in [1.165, 1.54) is 32.1 Å². The van der Waals surface area contributed by atoms with Crippen LogP contribution in [0.1, 0.15) is 128 Å². The van der Waals surface area contributed by atoms with Gasteiger partial charge in [0, 0.05) is 10.8 Å². The SMILES string of the molecule is CC.CC(=O)c1cccc(C)c1.CC/C=C(\N)c1n[nH]c(=C/CC)/c1=C\CC.CCCCCCC. The van der Waals surface area contributed by atoms with Crippen LogP contribution in [0, 0.1) is 6.92 Å². The average molecular weight is 484 g/mol. The zero-order valence-corrected chi connectivity index (χ0v) is 24.1. The van der Waals surface area contributed by atoms with Gasteiger partial charge in [0.1, 0.15) is 5.69 Å². The van der Waals surface area contributed by atoms with Gasteiger partial charge < -0.3 is 5.73 Å². The third-order valence-corrected chi connectivity index (χ3v) is 4.98. The van der Waals surface area contributed by atoms with Crippen molar-refractivity contribution in [1.29, 1.82) is 0 Å². The summed E-state index contributed by atoms with van der Waals surface area (Å²) in [6, 6.07) is 7.59. The number of ketones is 1. The highest BCUT2D eigenvalue weighted by Gasteiger charge is 2.03. The van der Waals surface area contributed by atoms with E-state index in [-0.39, 0.29) is 5.78 Å². The summed E-state index contributed by atoms with van der Waals surface area (Å²) in [6.45, 7) is 18.3. The van der Waals surface area contributed by atoms with E-state index < -0.39 is 0 Å². The van der Waals surface area contributed by atoms with Crippen molar-refractivity contribution in [1.82, 2.24) is 10.2 Å². The Balaban J connectivity index is 0. The number of hydrogen-bond donors (Lipinski definition) is 2. The number of Topliss-reactive ketones (excluding diaryl/α,β-unsaturated/α-hetero) is 1. The first kappa shape index (κ1) is 34.5. The molecule has 2 rings (SSSR count). The van der Waals surface area contributed by atoms with Gasteiger partial charge in [-0.1, -0.05) is 123 Å². The normalized spacial score (nSPS) is 11.5. The molecule has 0 amide bonds. The largest absolute Gasteiger partial charge is 0.397 e. The van der Waals surface area contributed by atoms with Crippen LogP contribution in [0.3, 0.4) is 0 Å². The number of hydrogen-bond acceptors (Lipinski definition) is 3. The number of carbonyl (C=O) groups is 1. The smallest absolute Gasteiger partial charge is 0.159 e. The Labute approximate surface area is 215 Å². The predicted molar refractivity (Wildman–Crippen MR) is 157 cm³/mol. The third kappa shape index (κ3) is 15.8. The van der Waals surface area contributed by atoms with Crippen molar-refractivity contribution >= 4 is 23.6 Å². The van der Waals surface area contributed by atoms with Gasteiger partial charge in [0.15, 0.2) is 5.78 Å². The van der Waals surface area contributed by atoms with Crippen molar-refractivity contribution in [2.24, 2.45) is 5.73 Å². The number of unbranched alkanes of at least 4 members (excludes halogenated alkanes) is 4. The number of aromatic amines is 1. The lowest BCUT2D eigenvalue weighted by Gasteiger charge is -1.94. The second kappa shape index (κ2) is 23.1. The lowest BCUT2D eigenvalue weighted by atomic mass is 10.1. The van der Waals surface area contributed by atoms with Gasteiger partial charge in [0.05, 0.1) is 11.0 Å². The molecule has 0 spiro atoms. The maximum atomic E-state index is 10.8. The number of nitrogens with one attached hydrogen (secondary N) is 1. The van der Waals surface area contributed by atoms with Crippen LogP contribution in [0.15, 0.2) is 30.3 Å². The van der Waals surface area contributed by atoms with Gasteiger partial charge >= 0.3 is 0 Å². The number of benzene rings is 1. The van der Waals surface area contributed by atoms with E-state index >= 15 is 0 Å². The minimum atomic E-state index is 0.128. The van der Waals surface area contributed by atoms with Crippen molar-refractivity contribution in [3.63, 3.8) is 0 Å². The van der Waals surface area contributed by atoms with E-state index in [0.717, 1.165) is 52.3 Å². The van der Waals surface area contributed by atoms with E-state index in [0.29, 0.717) is 0 Å². The quantitative estimate of drug-likeness (QED) is 0.283. The van der Waals surface area contributed by atoms with Crippen LogP contribution in [0.25, 0.3) is 17.8 Å². The highest BCUT2D eigenvalue weighted by atomic mass is 16.1. The van der Waals surface area contributed by atoms with Crippen LogP contribution in [0.4, 0.5) is 0 Å². The number of nitrogens with zero attached hydrogens (tertiary/aromatic N) is 1. The molecule has 0 bridgehead atoms. The molecule has 0 aliphatic rings. The summed E-state index contributed by atoms with van der Waals surface area (Å²) in [6.07, 6.45) is 16.2. The molecule has 0 saturated carbocycles. The van der Waals surface area contributed by atoms with Crippen LogP contribution in [0.2, 0.25) is 0 Å². The van der Waals surface area contributed by atoms with Gasteiger partial charge in [0.25, 0.3) is 0 Å². The van der Waals surface area contributed by atoms with E-state index in [1.807, 2.05) is 51.1 Å². The fourth-order valence-corrected chi connectivity index (χ4v) is 3.21. The zero-order chi connectivity index (χ0) is 27.1. The topological polar surface area (TPSA) is 71.8 Å². The van der Waals surface area contributed by atoms with Crippen molar-refractivity contribution in [2.75, 3.05) is 0 Å². The summed E-state index contributed by atoms with van der Waals surface area (Å²) in [5.41, 5.74) is 9.55. The Bertz CT molecular complexity index is 934. The first-order valence-electron chi connectivity index (χ1n) is 13.6. The van der Waals surface area contributed by atoms with Gasteiger partial charge in [-0.25, -0.2) is 0 Å². The lowest BCUT2D eigenvalue weighted by Crippen LogP contribution is -2.25. The molecule has 0 radical (unpaired) electrons. The fourth-order valence-electron chi connectivity index (χ4n) is 3.21. The first-order chi connectivity index (χ1) is 16.9. The van der Waals surface area contributed by atoms with Gasteiger partial charge in [-0.05, 0) is 39.2 Å². The number of H-pyrrole nitrogens is 1. The fraction of sp³-hybridized carbons (Fsp3) is 0.548. The summed E-state index contributed by atoms with van der Waals surface area (Å²) < 4.78 is 0. The monoisotopic (exact) mass is 483 g/mol. The number of carbonyl (C=O) groups excluding carboxylic acids is 1. The van der Waals surface area contributed by atoms with Gasteiger partial charge in [-0.2, -0.15) is 5.10 Å². The maximum absolute atomic E-state index is 10.8. The Hall–Kier alpha value is -2.62. The minimum Gasteiger partial charge on any atom is -0.397 e. The van der Waals surface area contributed by atoms with E-state index in [4.69, 9.17) is 5.73 Å². The van der Waals surface area contributed by atoms with Crippen LogP contribution < -0.4 is 16.3 Å². The Morgan fingerprint density at radius 1 is 0.943 bits per heavy atom. The number of aromatic nitrogens is 2. The Morgan fingerprint density at radius 3 is 1.97 bits per heavy atom. The van der Waals surface area contributed by atoms with E-state index in [1.54, 1.807) is 6.92 Å². The van der Waals surface area contributed by atoms with Gasteiger partial charge in [-0.15, -0.1) is 0 Å². The molecule has 4 nitrogen and oxygen atoms in total. The molecule has 1 aromatic carbocycles. The molecule has 1 aromatic heterocycles. The molecule has 0 unspecified atom stereocenters. The van der Waals surface area contributed by atoms with Crippen LogP contribution in [-0.2, 0) is 0 Å². The number of allylic oxidation sites excluding steroid dienone is 1. The van der Waals surface area contributed by atoms with Crippen molar-refractivity contribution < 1.29 is 4.79 Å². The average Bonchev–Trinajstić information content (AvgIpc) is 3.25. The molecule has 0 fully saturated rings. The molecule has 35 heavy (non-hydrogen) atoms. The number of aryl methyl sites for hydroxylation is 1. The Kier molecular flexibility index (Phi) is 22.8. The van der Waals surface area contributed by atoms with Crippen LogP contribution >= 0.6 is 0 Å². The molecule has 0 saturated heterocycles. The predicted octanol–water partition coefficient (Wildman–Crippen LogP) is 7.70. The molecule has 1 heterocycles. The molecule has 0 atom stereocenters. The molecule has 3 N–H and O–H groups in total. The van der Waals surface area contributed by atoms with E-state index in [9.17, 15) is 4.79 Å². The highest BCUT2D eigenvalue weighted by Crippen LogP contribution is 2.03. The summed E-state index contributed by atoms with van der Waals surface area (Å²) >= 11 is 0. The second-order valence-corrected chi connectivity index (χ2v) is 8.18. The highest BCUT2D eigenvalue weighted by molar-refractivity contribution is 5.94. The summed E-state index contributed by atoms with van der Waals surface area (Å²) in [7, 11) is 0. The second-order valence-electron chi connectivity index (χ2n) is 8.18. The first-order valence-corrected chi connectivity index (χ1v) is 13.6. The van der Waals surface area contributed by atoms with Gasteiger partial charge in [-0.3, -0.25) is 9.89 Å². The molecule has 0 aliphatic carbocycles. The molecular weight excluding hydrogens is 430 g/mol. The molecule has 4 heteroatoms. The summed E-state index contributed by atoms with van der Waals surface area (Å²) in [5.74, 6) is 0.128. The molecule has 0 aliphatic heterocycles. The van der Waals surface area contributed by atoms with E-state index in [2.05, 4.69) is 57.0 Å². The summed E-state index contributed by atoms with van der Waals surface area (Å²) in [5, 5.41) is 9.54. The zero-order valence-electron chi connectivity index (χ0n) is 24.1. The standard InChI is InChI=1S/C13H21N3.C9H10O.C7H16.C2H6/c1-4-7-10-12(9-6-3)15-16-13(10)11(14)8-5-2;1-7-4-3-5-9(6-7)8(2)10;1-3-5-7-6-4-2;1-2/h7-9,15H,4-6,14H2,1-3H3;3-6H,1-2H3;3-7H2,1-2H3;1-2H3/b10-7+,11-8-,12-9+;;;. The van der Waals surface area contributed by atoms with Crippen molar-refractivity contribution in [2.45, 2.75) is 114 Å². The molecule has 198 valence electrons. The minimum absolute atomic E-state index is 0.128. The Morgan fingerprint density at radius 2 is 1.54 bits per heavy atom. The number of nitrogens with two attached hydrogens (primary N) is 1. The molecular formula is C31H53N3O. The lowest BCUT2D eigenvalue weighted by molar-refractivity contribution is 0.101. The van der Waals surface area contributed by atoms with Crippen LogP contribution in [-0.4, -0.2) is 16.0 Å². The van der Waals surface area contributed by atoms with Crippen molar-refractivity contribution in [3.05, 3.63) is 57.7 Å². The van der Waals surface area contributed by atoms with Crippen molar-refractivity contribution in [3.8, 4) is 0 Å². The van der Waals surface area contributed by atoms with Crippen LogP contribution in [0.5, 0.6) is 0 Å². The molecule has 2 aromatic rings. The maximum Gasteiger partial charge on any atom is 0.159 e.